The van der Waals surface area contributed by atoms with E-state index in [2.05, 4.69) is 17.3 Å². The summed E-state index contributed by atoms with van der Waals surface area (Å²) in [5.41, 5.74) is -3.15. The third-order valence-corrected chi connectivity index (χ3v) is 5.40. The van der Waals surface area contributed by atoms with Crippen LogP contribution in [0, 0.1) is 0 Å². The number of piperidine rings is 1. The molecule has 0 radical (unpaired) electrons. The van der Waals surface area contributed by atoms with Crippen molar-refractivity contribution in [3.63, 3.8) is 0 Å². The largest absolute Gasteiger partial charge is 0.446 e. The number of nitrogens with one attached hydrogen (secondary N) is 1. The lowest BCUT2D eigenvalue weighted by Gasteiger charge is -2.35. The topological polar surface area (TPSA) is 15.3 Å². The van der Waals surface area contributed by atoms with Crippen LogP contribution in [0.15, 0.2) is 29.2 Å². The van der Waals surface area contributed by atoms with Gasteiger partial charge in [-0.25, -0.2) is 0 Å². The lowest BCUT2D eigenvalue weighted by atomic mass is 9.98. The Kier molecular flexibility index (Phi) is 6.28. The summed E-state index contributed by atoms with van der Waals surface area (Å²) in [5.74, 6) is 0. The van der Waals surface area contributed by atoms with Crippen molar-refractivity contribution in [3.8, 4) is 0 Å². The van der Waals surface area contributed by atoms with Crippen LogP contribution >= 0.6 is 24.2 Å². The van der Waals surface area contributed by atoms with Crippen LogP contribution in [0.5, 0.6) is 0 Å². The van der Waals surface area contributed by atoms with Crippen LogP contribution in [-0.2, 0) is 6.54 Å². The van der Waals surface area contributed by atoms with E-state index in [9.17, 15) is 13.2 Å². The summed E-state index contributed by atoms with van der Waals surface area (Å²) in [6.45, 7) is 0.793. The molecule has 1 aromatic carbocycles. The van der Waals surface area contributed by atoms with Gasteiger partial charge in [0.15, 0.2) is 0 Å². The van der Waals surface area contributed by atoms with Crippen LogP contribution in [-0.4, -0.2) is 35.6 Å². The number of hydrogen-bond donors (Lipinski definition) is 1. The maximum absolute atomic E-state index is 12.3. The van der Waals surface area contributed by atoms with Gasteiger partial charge >= 0.3 is 5.51 Å². The number of nitrogens with zero attached hydrogens (tertiary/aromatic N) is 1. The number of hydrogen-bond acceptors (Lipinski definition) is 3. The standard InChI is InChI=1S/C16H21F3N2S.ClH/c1-21(14-8-12-4-5-13(9-14)20-12)10-11-2-6-15(7-3-11)22-16(17,18)19;/h2-3,6-7,12-14,20H,4-5,8-10H2,1H3;1H. The van der Waals surface area contributed by atoms with E-state index >= 15 is 0 Å². The molecule has 2 aliphatic rings. The number of fused-ring (bicyclic) bond motifs is 2. The molecule has 3 rings (SSSR count). The molecule has 2 saturated heterocycles. The third kappa shape index (κ3) is 5.28. The first-order valence-corrected chi connectivity index (χ1v) is 8.52. The van der Waals surface area contributed by atoms with Crippen LogP contribution in [0.25, 0.3) is 0 Å². The number of thioether (sulfide) groups is 1. The summed E-state index contributed by atoms with van der Waals surface area (Å²) in [7, 11) is 2.12. The fourth-order valence-electron chi connectivity index (χ4n) is 3.60. The van der Waals surface area contributed by atoms with Gasteiger partial charge in [0.1, 0.15) is 0 Å². The Labute approximate surface area is 145 Å². The zero-order valence-electron chi connectivity index (χ0n) is 13.0. The normalized spacial score (nSPS) is 27.1. The lowest BCUT2D eigenvalue weighted by molar-refractivity contribution is -0.0328. The Bertz CT molecular complexity index is 497. The number of alkyl halides is 3. The van der Waals surface area contributed by atoms with Gasteiger partial charge in [-0.3, -0.25) is 4.90 Å². The Balaban J connectivity index is 0.00000192. The van der Waals surface area contributed by atoms with Crippen molar-refractivity contribution in [2.24, 2.45) is 0 Å². The van der Waals surface area contributed by atoms with Gasteiger partial charge in [0.2, 0.25) is 0 Å². The van der Waals surface area contributed by atoms with Crippen LogP contribution in [0.2, 0.25) is 0 Å². The van der Waals surface area contributed by atoms with Crippen LogP contribution in [0.3, 0.4) is 0 Å². The number of rotatable bonds is 4. The minimum absolute atomic E-state index is 0. The highest BCUT2D eigenvalue weighted by atomic mass is 35.5. The molecule has 2 atom stereocenters. The molecule has 2 unspecified atom stereocenters. The lowest BCUT2D eigenvalue weighted by Crippen LogP contribution is -2.46. The fraction of sp³-hybridized carbons (Fsp3) is 0.625. The highest BCUT2D eigenvalue weighted by Crippen LogP contribution is 2.37. The van der Waals surface area contributed by atoms with E-state index in [4.69, 9.17) is 0 Å². The van der Waals surface area contributed by atoms with E-state index in [-0.39, 0.29) is 29.1 Å². The summed E-state index contributed by atoms with van der Waals surface area (Å²) >= 11 is -0.0566. The van der Waals surface area contributed by atoms with Gasteiger partial charge in [-0.05, 0) is 62.2 Å². The third-order valence-electron chi connectivity index (χ3n) is 4.66. The Hall–Kier alpha value is -0.430. The highest BCUT2D eigenvalue weighted by Gasteiger charge is 2.35. The van der Waals surface area contributed by atoms with Gasteiger partial charge in [0, 0.05) is 29.6 Å². The predicted molar refractivity (Wildman–Crippen MR) is 90.0 cm³/mol. The van der Waals surface area contributed by atoms with Crippen molar-refractivity contribution in [3.05, 3.63) is 29.8 Å². The minimum atomic E-state index is -4.22. The second kappa shape index (κ2) is 7.64. The maximum atomic E-state index is 12.3. The van der Waals surface area contributed by atoms with E-state index in [1.54, 1.807) is 24.3 Å². The van der Waals surface area contributed by atoms with E-state index in [1.807, 2.05) is 0 Å². The molecule has 1 aromatic rings. The molecule has 2 aliphatic heterocycles. The van der Waals surface area contributed by atoms with Gasteiger partial charge in [-0.1, -0.05) is 12.1 Å². The van der Waals surface area contributed by atoms with Gasteiger partial charge in [0.05, 0.1) is 0 Å². The van der Waals surface area contributed by atoms with Gasteiger partial charge in [-0.15, -0.1) is 12.4 Å². The van der Waals surface area contributed by atoms with Crippen LogP contribution in [0.4, 0.5) is 13.2 Å². The smallest absolute Gasteiger partial charge is 0.311 e. The average Bonchev–Trinajstić information content (AvgIpc) is 2.78. The molecule has 1 N–H and O–H groups in total. The van der Waals surface area contributed by atoms with E-state index in [0.717, 1.165) is 12.1 Å². The van der Waals surface area contributed by atoms with Crippen molar-refractivity contribution >= 4 is 24.2 Å². The SMILES string of the molecule is CN(Cc1ccc(SC(F)(F)F)cc1)C1CC2CCC(C1)N2.Cl. The number of halogens is 4. The van der Waals surface area contributed by atoms with Crippen molar-refractivity contribution in [1.82, 2.24) is 10.2 Å². The van der Waals surface area contributed by atoms with Gasteiger partial charge in [-0.2, -0.15) is 13.2 Å². The van der Waals surface area contributed by atoms with E-state index < -0.39 is 5.51 Å². The number of benzene rings is 1. The molecule has 0 saturated carbocycles. The van der Waals surface area contributed by atoms with Crippen LogP contribution < -0.4 is 5.32 Å². The monoisotopic (exact) mass is 366 g/mol. The molecular weight excluding hydrogens is 345 g/mol. The summed E-state index contributed by atoms with van der Waals surface area (Å²) in [6.07, 6.45) is 4.90. The molecule has 0 amide bonds. The molecule has 2 nitrogen and oxygen atoms in total. The van der Waals surface area contributed by atoms with Gasteiger partial charge < -0.3 is 5.32 Å². The first-order valence-electron chi connectivity index (χ1n) is 7.70. The maximum Gasteiger partial charge on any atom is 0.446 e. The van der Waals surface area contributed by atoms with Crippen LogP contribution in [0.1, 0.15) is 31.2 Å². The Morgan fingerprint density at radius 2 is 1.70 bits per heavy atom. The Morgan fingerprint density at radius 3 is 2.22 bits per heavy atom. The van der Waals surface area contributed by atoms with E-state index in [0.29, 0.717) is 18.1 Å². The van der Waals surface area contributed by atoms with E-state index in [1.165, 1.54) is 25.7 Å². The molecule has 2 bridgehead atoms. The predicted octanol–water partition coefficient (Wildman–Crippen LogP) is 4.44. The summed E-state index contributed by atoms with van der Waals surface area (Å²) < 4.78 is 37.0. The second-order valence-corrected chi connectivity index (χ2v) is 7.51. The summed E-state index contributed by atoms with van der Waals surface area (Å²) in [6, 6.07) is 8.61. The summed E-state index contributed by atoms with van der Waals surface area (Å²) in [5, 5.41) is 3.63. The summed E-state index contributed by atoms with van der Waals surface area (Å²) in [4.78, 5) is 2.59. The first-order chi connectivity index (χ1) is 10.4. The molecule has 0 aliphatic carbocycles. The molecule has 0 spiro atoms. The molecule has 7 heteroatoms. The van der Waals surface area contributed by atoms with Crippen molar-refractivity contribution in [2.45, 2.75) is 60.8 Å². The zero-order valence-corrected chi connectivity index (χ0v) is 14.6. The van der Waals surface area contributed by atoms with Crippen molar-refractivity contribution in [1.29, 1.82) is 0 Å². The molecule has 0 aromatic heterocycles. The molecular formula is C16H22ClF3N2S. The van der Waals surface area contributed by atoms with Crippen molar-refractivity contribution < 1.29 is 13.2 Å². The Morgan fingerprint density at radius 1 is 1.13 bits per heavy atom. The van der Waals surface area contributed by atoms with Crippen molar-refractivity contribution in [2.75, 3.05) is 7.05 Å². The molecule has 130 valence electrons. The molecule has 2 fully saturated rings. The fourth-order valence-corrected chi connectivity index (χ4v) is 4.14. The molecule has 2 heterocycles. The zero-order chi connectivity index (χ0) is 15.7. The van der Waals surface area contributed by atoms with Gasteiger partial charge in [0.25, 0.3) is 0 Å². The first kappa shape index (κ1) is 18.9. The average molecular weight is 367 g/mol. The minimum Gasteiger partial charge on any atom is -0.311 e. The second-order valence-electron chi connectivity index (χ2n) is 6.37. The molecule has 23 heavy (non-hydrogen) atoms. The highest BCUT2D eigenvalue weighted by molar-refractivity contribution is 8.00. The quantitative estimate of drug-likeness (QED) is 0.793.